The number of aromatic nitrogens is 1. The number of hydrogen-bond donors (Lipinski definition) is 1. The van der Waals surface area contributed by atoms with Crippen molar-refractivity contribution in [3.05, 3.63) is 53.9 Å². The highest BCUT2D eigenvalue weighted by Gasteiger charge is 2.44. The number of carbonyl (C=O) groups is 1. The van der Waals surface area contributed by atoms with Gasteiger partial charge in [0.25, 0.3) is 0 Å². The number of rotatable bonds is 5. The van der Waals surface area contributed by atoms with E-state index in [-0.39, 0.29) is 29.0 Å². The van der Waals surface area contributed by atoms with Crippen LogP contribution in [-0.4, -0.2) is 50.2 Å². The summed E-state index contributed by atoms with van der Waals surface area (Å²) in [5.41, 5.74) is 0.111. The van der Waals surface area contributed by atoms with Gasteiger partial charge < -0.3 is 5.32 Å². The molecule has 11 heteroatoms. The maximum atomic E-state index is 13.9. The lowest BCUT2D eigenvalue weighted by Gasteiger charge is -2.23. The molecule has 0 aliphatic carbocycles. The van der Waals surface area contributed by atoms with Crippen LogP contribution in [0.15, 0.2) is 41.4 Å². The summed E-state index contributed by atoms with van der Waals surface area (Å²) in [5.74, 6) is -2.05. The minimum atomic E-state index is -4.20. The number of hydrogen-bond acceptors (Lipinski definition) is 4. The van der Waals surface area contributed by atoms with Gasteiger partial charge in [-0.3, -0.25) is 9.78 Å². The number of amides is 1. The number of pyridine rings is 1. The molecule has 1 aliphatic heterocycles. The molecule has 0 spiro atoms. The Morgan fingerprint density at radius 1 is 1.29 bits per heavy atom. The van der Waals surface area contributed by atoms with E-state index in [0.717, 1.165) is 34.8 Å². The molecular weight excluding hydrogens is 394 g/mol. The van der Waals surface area contributed by atoms with Gasteiger partial charge in [-0.1, -0.05) is 5.46 Å². The SMILES string of the molecule is [B]c1cc(CNC(=O)[C@@H]2C[C@@H](F)CN2S(=O)(=O)c2ccc(F)cc2)ncc1F. The number of nitrogens with zero attached hydrogens (tertiary/aromatic N) is 2. The van der Waals surface area contributed by atoms with Gasteiger partial charge in [-0.25, -0.2) is 21.6 Å². The van der Waals surface area contributed by atoms with Crippen LogP contribution < -0.4 is 10.8 Å². The average Bonchev–Trinajstić information content (AvgIpc) is 3.05. The van der Waals surface area contributed by atoms with E-state index in [1.165, 1.54) is 6.07 Å². The van der Waals surface area contributed by atoms with Crippen molar-refractivity contribution in [1.82, 2.24) is 14.6 Å². The molecule has 2 radical (unpaired) electrons. The molecule has 2 atom stereocenters. The second kappa shape index (κ2) is 7.92. The van der Waals surface area contributed by atoms with E-state index in [0.29, 0.717) is 0 Å². The van der Waals surface area contributed by atoms with Crippen molar-refractivity contribution < 1.29 is 26.4 Å². The molecule has 0 bridgehead atoms. The molecule has 1 saturated heterocycles. The number of nitrogens with one attached hydrogen (secondary N) is 1. The largest absolute Gasteiger partial charge is 0.349 e. The lowest BCUT2D eigenvalue weighted by atomic mass is 9.96. The zero-order valence-electron chi connectivity index (χ0n) is 14.5. The van der Waals surface area contributed by atoms with Crippen LogP contribution in [-0.2, 0) is 21.4 Å². The lowest BCUT2D eigenvalue weighted by molar-refractivity contribution is -0.124. The highest BCUT2D eigenvalue weighted by molar-refractivity contribution is 7.89. The van der Waals surface area contributed by atoms with Crippen molar-refractivity contribution in [1.29, 1.82) is 0 Å². The average molecular weight is 409 g/mol. The van der Waals surface area contributed by atoms with Crippen LogP contribution in [0.25, 0.3) is 0 Å². The highest BCUT2D eigenvalue weighted by Crippen LogP contribution is 2.28. The molecule has 6 nitrogen and oxygen atoms in total. The second-order valence-electron chi connectivity index (χ2n) is 6.29. The van der Waals surface area contributed by atoms with Crippen LogP contribution in [0.4, 0.5) is 13.2 Å². The molecule has 1 N–H and O–H groups in total. The van der Waals surface area contributed by atoms with Crippen LogP contribution in [0, 0.1) is 11.6 Å². The third kappa shape index (κ3) is 4.20. The number of carbonyl (C=O) groups excluding carboxylic acids is 1. The first kappa shape index (κ1) is 20.3. The summed E-state index contributed by atoms with van der Waals surface area (Å²) in [6, 6.07) is 4.00. The minimum absolute atomic E-state index is 0.138. The van der Waals surface area contributed by atoms with Gasteiger partial charge in [0.2, 0.25) is 15.9 Å². The molecule has 3 rings (SSSR count). The van der Waals surface area contributed by atoms with E-state index in [2.05, 4.69) is 10.3 Å². The summed E-state index contributed by atoms with van der Waals surface area (Å²) in [5, 5.41) is 2.46. The number of halogens is 3. The molecule has 1 aliphatic rings. The maximum absolute atomic E-state index is 13.9. The first-order chi connectivity index (χ1) is 13.2. The summed E-state index contributed by atoms with van der Waals surface area (Å²) in [4.78, 5) is 16.0. The molecule has 1 aromatic carbocycles. The molecule has 0 unspecified atom stereocenters. The van der Waals surface area contributed by atoms with E-state index >= 15 is 0 Å². The molecule has 2 heterocycles. The predicted molar refractivity (Wildman–Crippen MR) is 95.0 cm³/mol. The fourth-order valence-corrected chi connectivity index (χ4v) is 4.52. The normalized spacial score (nSPS) is 20.2. The first-order valence-corrected chi connectivity index (χ1v) is 9.71. The van der Waals surface area contributed by atoms with Crippen molar-refractivity contribution in [3.63, 3.8) is 0 Å². The number of alkyl halides is 1. The lowest BCUT2D eigenvalue weighted by Crippen LogP contribution is -2.45. The highest BCUT2D eigenvalue weighted by atomic mass is 32.2. The van der Waals surface area contributed by atoms with Crippen LogP contribution in [0.3, 0.4) is 0 Å². The molecule has 1 aromatic heterocycles. The zero-order valence-corrected chi connectivity index (χ0v) is 15.3. The Kier molecular flexibility index (Phi) is 5.75. The van der Waals surface area contributed by atoms with Crippen molar-refractivity contribution in [2.45, 2.75) is 30.1 Å². The molecule has 1 fully saturated rings. The van der Waals surface area contributed by atoms with Gasteiger partial charge in [0.1, 0.15) is 31.7 Å². The van der Waals surface area contributed by atoms with Crippen LogP contribution in [0.1, 0.15) is 12.1 Å². The summed E-state index contributed by atoms with van der Waals surface area (Å²) >= 11 is 0. The fraction of sp³-hybridized carbons (Fsp3) is 0.294. The number of sulfonamides is 1. The van der Waals surface area contributed by atoms with Crippen LogP contribution in [0.2, 0.25) is 0 Å². The minimum Gasteiger partial charge on any atom is -0.349 e. The molecular formula is C17H15BF3N3O3S. The van der Waals surface area contributed by atoms with E-state index in [1.807, 2.05) is 0 Å². The summed E-state index contributed by atoms with van der Waals surface area (Å²) in [6.45, 7) is -0.624. The summed E-state index contributed by atoms with van der Waals surface area (Å²) in [7, 11) is 1.23. The van der Waals surface area contributed by atoms with Gasteiger partial charge in [-0.2, -0.15) is 4.31 Å². The van der Waals surface area contributed by atoms with Gasteiger partial charge in [0.15, 0.2) is 0 Å². The van der Waals surface area contributed by atoms with Crippen molar-refractivity contribution in [2.24, 2.45) is 0 Å². The predicted octanol–water partition coefficient (Wildman–Crippen LogP) is 0.571. The third-order valence-electron chi connectivity index (χ3n) is 4.31. The summed E-state index contributed by atoms with van der Waals surface area (Å²) in [6.07, 6.45) is -0.939. The molecule has 0 saturated carbocycles. The Balaban J connectivity index is 1.76. The quantitative estimate of drug-likeness (QED) is 0.733. The molecule has 1 amide bonds. The first-order valence-electron chi connectivity index (χ1n) is 8.27. The Morgan fingerprint density at radius 2 is 1.96 bits per heavy atom. The maximum Gasteiger partial charge on any atom is 0.243 e. The third-order valence-corrected chi connectivity index (χ3v) is 6.20. The van der Waals surface area contributed by atoms with Crippen LogP contribution in [0.5, 0.6) is 0 Å². The van der Waals surface area contributed by atoms with Crippen molar-refractivity contribution in [3.8, 4) is 0 Å². The van der Waals surface area contributed by atoms with E-state index in [1.54, 1.807) is 0 Å². The summed E-state index contributed by atoms with van der Waals surface area (Å²) < 4.78 is 66.4. The van der Waals surface area contributed by atoms with E-state index in [4.69, 9.17) is 7.85 Å². The van der Waals surface area contributed by atoms with Gasteiger partial charge in [0.05, 0.1) is 23.3 Å². The molecule has 28 heavy (non-hydrogen) atoms. The Hall–Kier alpha value is -2.40. The standard InChI is InChI=1S/C17H15BF3N3O3S/c18-14-6-12(22-8-15(14)21)7-23-17(25)16-5-11(20)9-24(16)28(26,27)13-3-1-10(19)2-4-13/h1-4,6,8,11,16H,5,7,9H2,(H,23,25)/t11-,16+/m1/s1. The van der Waals surface area contributed by atoms with Gasteiger partial charge in [-0.05, 0) is 30.3 Å². The zero-order chi connectivity index (χ0) is 20.5. The Morgan fingerprint density at radius 3 is 2.61 bits per heavy atom. The Labute approximate surface area is 161 Å². The van der Waals surface area contributed by atoms with Gasteiger partial charge in [0, 0.05) is 13.0 Å². The second-order valence-corrected chi connectivity index (χ2v) is 8.18. The van der Waals surface area contributed by atoms with Crippen LogP contribution >= 0.6 is 0 Å². The molecule has 146 valence electrons. The fourth-order valence-electron chi connectivity index (χ4n) is 2.89. The Bertz CT molecular complexity index is 989. The monoisotopic (exact) mass is 409 g/mol. The van der Waals surface area contributed by atoms with E-state index < -0.39 is 46.3 Å². The van der Waals surface area contributed by atoms with E-state index in [9.17, 15) is 26.4 Å². The van der Waals surface area contributed by atoms with Crippen molar-refractivity contribution in [2.75, 3.05) is 6.54 Å². The number of benzene rings is 1. The van der Waals surface area contributed by atoms with Crippen molar-refractivity contribution >= 4 is 29.2 Å². The molecule has 2 aromatic rings. The van der Waals surface area contributed by atoms with Gasteiger partial charge >= 0.3 is 0 Å². The topological polar surface area (TPSA) is 79.4 Å². The smallest absolute Gasteiger partial charge is 0.243 e. The van der Waals surface area contributed by atoms with Gasteiger partial charge in [-0.15, -0.1) is 0 Å².